The van der Waals surface area contributed by atoms with Gasteiger partial charge < -0.3 is 4.55 Å². The van der Waals surface area contributed by atoms with E-state index in [0.29, 0.717) is 0 Å². The van der Waals surface area contributed by atoms with Gasteiger partial charge in [0.2, 0.25) is 0 Å². The molecule has 0 aliphatic heterocycles. The number of unbranched alkanes of at least 4 members (excludes halogenated alkanes) is 1. The van der Waals surface area contributed by atoms with Crippen LogP contribution in [0.25, 0.3) is 0 Å². The summed E-state index contributed by atoms with van der Waals surface area (Å²) < 4.78 is 26.6. The fourth-order valence-corrected chi connectivity index (χ4v) is 0.236. The molecule has 0 aromatic rings. The number of hydrogen-bond acceptors (Lipinski definition) is 3. The topological polar surface area (TPSA) is 83.2 Å². The fraction of sp³-hybridized carbons (Fsp3) is 0.333. The summed E-state index contributed by atoms with van der Waals surface area (Å²) in [6.45, 7) is 7.10. The van der Waals surface area contributed by atoms with Crippen molar-refractivity contribution in [3.8, 4) is 0 Å². The smallest absolute Gasteiger partial charge is 0.736 e. The van der Waals surface area contributed by atoms with E-state index in [1.807, 2.05) is 12.2 Å². The Labute approximate surface area is 85.6 Å². The summed E-state index contributed by atoms with van der Waals surface area (Å²) in [5.74, 6) is 0. The predicted octanol–water partition coefficient (Wildman–Crippen LogP) is -2.45. The maximum Gasteiger partial charge on any atom is 1.00 e. The Morgan fingerprint density at radius 2 is 1.42 bits per heavy atom. The van der Waals surface area contributed by atoms with Crippen LogP contribution in [0.5, 0.6) is 0 Å². The van der Waals surface area contributed by atoms with Gasteiger partial charge in [-0.3, -0.25) is 0 Å². The van der Waals surface area contributed by atoms with E-state index in [1.165, 1.54) is 0 Å². The van der Waals surface area contributed by atoms with Gasteiger partial charge in [0, 0.05) is 0 Å². The Kier molecular flexibility index (Phi) is 16.3. The van der Waals surface area contributed by atoms with Gasteiger partial charge >= 0.3 is 18.9 Å². The van der Waals surface area contributed by atoms with Crippen LogP contribution in [-0.4, -0.2) is 13.0 Å². The molecule has 66 valence electrons. The molecular formula is C6H12LiNO3S. The standard InChI is InChI=1S/C6H10.Li.H3NO3S/c1-3-5-6-4-2;;1-5(2,3)4/h3-4H,1-2,5-6H2;;(H3,1,2,3,4)/q;+1;/p-1. The third-order valence-corrected chi connectivity index (χ3v) is 0.575. The van der Waals surface area contributed by atoms with Crippen LogP contribution in [0.3, 0.4) is 0 Å². The van der Waals surface area contributed by atoms with Gasteiger partial charge in [-0.1, -0.05) is 12.2 Å². The third-order valence-electron chi connectivity index (χ3n) is 0.575. The van der Waals surface area contributed by atoms with Crippen LogP contribution in [0, 0.1) is 0 Å². The molecule has 0 amide bonds. The fourth-order valence-electron chi connectivity index (χ4n) is 0.236. The molecule has 0 atom stereocenters. The average molecular weight is 185 g/mol. The first-order chi connectivity index (χ1) is 4.91. The molecule has 0 saturated heterocycles. The molecule has 0 aromatic heterocycles. The van der Waals surface area contributed by atoms with Crippen molar-refractivity contribution in [3.05, 3.63) is 25.3 Å². The first-order valence-electron chi connectivity index (χ1n) is 2.87. The quantitative estimate of drug-likeness (QED) is 0.229. The Bertz CT molecular complexity index is 185. The van der Waals surface area contributed by atoms with E-state index in [2.05, 4.69) is 18.3 Å². The summed E-state index contributed by atoms with van der Waals surface area (Å²) in [4.78, 5) is 0. The van der Waals surface area contributed by atoms with E-state index in [-0.39, 0.29) is 18.9 Å². The third kappa shape index (κ3) is 91.7. The summed E-state index contributed by atoms with van der Waals surface area (Å²) in [6, 6.07) is 0. The molecule has 6 heteroatoms. The van der Waals surface area contributed by atoms with Gasteiger partial charge in [-0.25, -0.2) is 13.6 Å². The van der Waals surface area contributed by atoms with Crippen molar-refractivity contribution in [2.45, 2.75) is 12.8 Å². The van der Waals surface area contributed by atoms with Crippen LogP contribution >= 0.6 is 0 Å². The number of rotatable bonds is 3. The molecule has 4 nitrogen and oxygen atoms in total. The molecule has 0 bridgehead atoms. The molecule has 0 aliphatic rings. The summed E-state index contributed by atoms with van der Waals surface area (Å²) >= 11 is 0. The van der Waals surface area contributed by atoms with Crippen molar-refractivity contribution in [1.82, 2.24) is 0 Å². The van der Waals surface area contributed by atoms with Gasteiger partial charge in [0.1, 0.15) is 0 Å². The van der Waals surface area contributed by atoms with Gasteiger partial charge in [0.05, 0.1) is 0 Å². The Balaban J connectivity index is -0.000000126. The molecule has 0 aliphatic carbocycles. The molecule has 0 aromatic carbocycles. The van der Waals surface area contributed by atoms with Crippen LogP contribution in [0.1, 0.15) is 12.8 Å². The van der Waals surface area contributed by atoms with Crippen LogP contribution in [0.2, 0.25) is 0 Å². The Hall–Kier alpha value is -0.0526. The van der Waals surface area contributed by atoms with E-state index in [0.717, 1.165) is 12.8 Å². The first-order valence-corrected chi connectivity index (χ1v) is 4.34. The van der Waals surface area contributed by atoms with Gasteiger partial charge in [0.15, 0.2) is 10.3 Å². The average Bonchev–Trinajstić information content (AvgIpc) is 1.79. The molecule has 0 fully saturated rings. The van der Waals surface area contributed by atoms with Crippen LogP contribution < -0.4 is 24.0 Å². The molecule has 2 N–H and O–H groups in total. The minimum Gasteiger partial charge on any atom is -0.736 e. The summed E-state index contributed by atoms with van der Waals surface area (Å²) in [7, 11) is -4.42. The predicted molar refractivity (Wildman–Crippen MR) is 43.5 cm³/mol. The molecule has 12 heavy (non-hydrogen) atoms. The van der Waals surface area contributed by atoms with Gasteiger partial charge in [0.25, 0.3) is 0 Å². The van der Waals surface area contributed by atoms with Gasteiger partial charge in [-0.05, 0) is 12.8 Å². The van der Waals surface area contributed by atoms with Crippen LogP contribution in [-0.2, 0) is 10.3 Å². The van der Waals surface area contributed by atoms with E-state index in [4.69, 9.17) is 13.0 Å². The molecule has 0 saturated carbocycles. The van der Waals surface area contributed by atoms with Crippen molar-refractivity contribution < 1.29 is 31.8 Å². The second-order valence-electron chi connectivity index (χ2n) is 1.65. The van der Waals surface area contributed by atoms with Gasteiger partial charge in [-0.15, -0.1) is 13.2 Å². The minimum atomic E-state index is -4.42. The first kappa shape index (κ1) is 17.9. The second-order valence-corrected chi connectivity index (χ2v) is 2.63. The number of allylic oxidation sites excluding steroid dienone is 2. The molecule has 0 rings (SSSR count). The zero-order valence-electron chi connectivity index (χ0n) is 7.19. The van der Waals surface area contributed by atoms with Crippen molar-refractivity contribution >= 4 is 10.3 Å². The molecule has 0 spiro atoms. The second kappa shape index (κ2) is 10.9. The molecular weight excluding hydrogens is 173 g/mol. The summed E-state index contributed by atoms with van der Waals surface area (Å²) in [5, 5.41) is 3.77. The van der Waals surface area contributed by atoms with E-state index in [9.17, 15) is 0 Å². The zero-order valence-corrected chi connectivity index (χ0v) is 8.01. The minimum absolute atomic E-state index is 0. The van der Waals surface area contributed by atoms with Crippen molar-refractivity contribution in [2.24, 2.45) is 5.14 Å². The van der Waals surface area contributed by atoms with Crippen molar-refractivity contribution in [3.63, 3.8) is 0 Å². The maximum absolute atomic E-state index is 8.85. The van der Waals surface area contributed by atoms with Crippen LogP contribution in [0.15, 0.2) is 25.3 Å². The normalized spacial score (nSPS) is 8.50. The summed E-state index contributed by atoms with van der Waals surface area (Å²) in [6.07, 6.45) is 5.90. The van der Waals surface area contributed by atoms with Crippen LogP contribution in [0.4, 0.5) is 0 Å². The number of nitrogens with two attached hydrogens (primary N) is 1. The van der Waals surface area contributed by atoms with Crippen molar-refractivity contribution in [1.29, 1.82) is 0 Å². The largest absolute Gasteiger partial charge is 1.00 e. The molecule has 0 radical (unpaired) electrons. The van der Waals surface area contributed by atoms with E-state index in [1.54, 1.807) is 0 Å². The molecule has 0 unspecified atom stereocenters. The van der Waals surface area contributed by atoms with E-state index >= 15 is 0 Å². The molecule has 0 heterocycles. The van der Waals surface area contributed by atoms with E-state index < -0.39 is 10.3 Å². The monoisotopic (exact) mass is 185 g/mol. The number of hydrogen-bond donors (Lipinski definition) is 1. The Morgan fingerprint density at radius 1 is 1.25 bits per heavy atom. The van der Waals surface area contributed by atoms with Crippen molar-refractivity contribution in [2.75, 3.05) is 0 Å². The Morgan fingerprint density at radius 3 is 1.50 bits per heavy atom. The maximum atomic E-state index is 8.85. The van der Waals surface area contributed by atoms with Gasteiger partial charge in [-0.2, -0.15) is 0 Å². The SMILES string of the molecule is C=CCCC=C.NS(=O)(=O)[O-].[Li+]. The summed E-state index contributed by atoms with van der Waals surface area (Å²) in [5.41, 5.74) is 0. The zero-order chi connectivity index (χ0) is 9.33.